The van der Waals surface area contributed by atoms with Crippen molar-refractivity contribution in [3.05, 3.63) is 59.7 Å². The number of sulfonamides is 1. The van der Waals surface area contributed by atoms with E-state index in [0.29, 0.717) is 36.9 Å². The van der Waals surface area contributed by atoms with Crippen LogP contribution in [0.1, 0.15) is 34.6 Å². The van der Waals surface area contributed by atoms with Gasteiger partial charge in [0.15, 0.2) is 0 Å². The zero-order chi connectivity index (χ0) is 22.4. The molecule has 0 radical (unpaired) electrons. The number of nitrogens with zero attached hydrogens (tertiary/aromatic N) is 1. The van der Waals surface area contributed by atoms with Gasteiger partial charge in [-0.3, -0.25) is 9.59 Å². The van der Waals surface area contributed by atoms with Gasteiger partial charge in [0.1, 0.15) is 0 Å². The Labute approximate surface area is 182 Å². The number of carbonyl (C=O) groups excluding carboxylic acids is 2. The van der Waals surface area contributed by atoms with E-state index >= 15 is 0 Å². The normalized spacial score (nSPS) is 14.9. The van der Waals surface area contributed by atoms with Crippen molar-refractivity contribution in [3.8, 4) is 0 Å². The largest absolute Gasteiger partial charge is 0.379 e. The van der Waals surface area contributed by atoms with Crippen molar-refractivity contribution in [1.82, 2.24) is 9.62 Å². The van der Waals surface area contributed by atoms with Crippen LogP contribution in [0.25, 0.3) is 0 Å². The Morgan fingerprint density at radius 1 is 1.03 bits per heavy atom. The lowest BCUT2D eigenvalue weighted by Gasteiger charge is -2.26. The number of nitrogens with one attached hydrogen (secondary N) is 2. The maximum Gasteiger partial charge on any atom is 0.255 e. The van der Waals surface area contributed by atoms with Crippen LogP contribution in [0.5, 0.6) is 0 Å². The number of hydrogen-bond acceptors (Lipinski definition) is 5. The first-order chi connectivity index (χ1) is 14.8. The lowest BCUT2D eigenvalue weighted by Crippen LogP contribution is -2.40. The highest BCUT2D eigenvalue weighted by molar-refractivity contribution is 7.89. The number of para-hydroxylation sites is 1. The van der Waals surface area contributed by atoms with Crippen LogP contribution in [0.3, 0.4) is 0 Å². The number of hydrogen-bond donors (Lipinski definition) is 2. The van der Waals surface area contributed by atoms with Gasteiger partial charge in [0.05, 0.1) is 29.4 Å². The van der Waals surface area contributed by atoms with Crippen LogP contribution in [-0.4, -0.2) is 57.4 Å². The van der Waals surface area contributed by atoms with Crippen LogP contribution < -0.4 is 10.6 Å². The fourth-order valence-corrected chi connectivity index (χ4v) is 4.56. The Balaban J connectivity index is 1.79. The second-order valence-electron chi connectivity index (χ2n) is 7.65. The summed E-state index contributed by atoms with van der Waals surface area (Å²) in [5.74, 6) is -0.488. The molecule has 166 valence electrons. The summed E-state index contributed by atoms with van der Waals surface area (Å²) in [5, 5.41) is 5.56. The van der Waals surface area contributed by atoms with Crippen molar-refractivity contribution >= 4 is 27.5 Å². The minimum Gasteiger partial charge on any atom is -0.379 e. The Hall–Kier alpha value is -2.75. The molecule has 3 rings (SSSR count). The van der Waals surface area contributed by atoms with E-state index < -0.39 is 15.9 Å². The summed E-state index contributed by atoms with van der Waals surface area (Å²) in [7, 11) is -3.72. The summed E-state index contributed by atoms with van der Waals surface area (Å²) in [6.45, 7) is 5.74. The molecule has 1 fully saturated rings. The molecule has 0 spiro atoms. The molecule has 0 saturated carbocycles. The number of rotatable bonds is 7. The van der Waals surface area contributed by atoms with Crippen LogP contribution in [-0.2, 0) is 14.8 Å². The first-order valence-electron chi connectivity index (χ1n) is 10.2. The zero-order valence-corrected chi connectivity index (χ0v) is 18.4. The molecule has 1 aliphatic rings. The molecule has 1 aliphatic heterocycles. The minimum atomic E-state index is -3.72. The maximum atomic E-state index is 12.9. The standard InChI is InChI=1S/C22H27N3O5S/c1-16(2)15-23-22(27)19-8-3-4-9-20(19)24-21(26)17-6-5-7-18(14-17)31(28,29)25-10-12-30-13-11-25/h3-9,14,16H,10-13,15H2,1-2H3,(H,23,27)(H,24,26). The first-order valence-corrected chi connectivity index (χ1v) is 11.6. The second-order valence-corrected chi connectivity index (χ2v) is 9.59. The third-order valence-corrected chi connectivity index (χ3v) is 6.69. The van der Waals surface area contributed by atoms with Gasteiger partial charge in [-0.1, -0.05) is 32.0 Å². The lowest BCUT2D eigenvalue weighted by atomic mass is 10.1. The molecular formula is C22H27N3O5S. The van der Waals surface area contributed by atoms with Gasteiger partial charge in [-0.15, -0.1) is 0 Å². The highest BCUT2D eigenvalue weighted by atomic mass is 32.2. The molecule has 9 heteroatoms. The van der Waals surface area contributed by atoms with Gasteiger partial charge in [0.25, 0.3) is 11.8 Å². The molecule has 2 aromatic carbocycles. The van der Waals surface area contributed by atoms with E-state index in [1.165, 1.54) is 28.6 Å². The van der Waals surface area contributed by atoms with Gasteiger partial charge in [0, 0.05) is 25.2 Å². The first kappa shape index (κ1) is 22.9. The Morgan fingerprint density at radius 3 is 2.45 bits per heavy atom. The summed E-state index contributed by atoms with van der Waals surface area (Å²) >= 11 is 0. The monoisotopic (exact) mass is 445 g/mol. The predicted octanol–water partition coefficient (Wildman–Crippen LogP) is 2.35. The van der Waals surface area contributed by atoms with E-state index in [1.807, 2.05) is 13.8 Å². The summed E-state index contributed by atoms with van der Waals surface area (Å²) in [5.41, 5.74) is 0.885. The van der Waals surface area contributed by atoms with Crippen molar-refractivity contribution in [2.45, 2.75) is 18.7 Å². The number of carbonyl (C=O) groups is 2. The number of anilines is 1. The van der Waals surface area contributed by atoms with Crippen LogP contribution in [0.2, 0.25) is 0 Å². The third-order valence-electron chi connectivity index (χ3n) is 4.79. The van der Waals surface area contributed by atoms with Crippen LogP contribution in [0.4, 0.5) is 5.69 Å². The SMILES string of the molecule is CC(C)CNC(=O)c1ccccc1NC(=O)c1cccc(S(=O)(=O)N2CCOCC2)c1. The van der Waals surface area contributed by atoms with Crippen molar-refractivity contribution < 1.29 is 22.7 Å². The van der Waals surface area contributed by atoms with E-state index in [0.717, 1.165) is 0 Å². The molecule has 0 unspecified atom stereocenters. The van der Waals surface area contributed by atoms with E-state index in [1.54, 1.807) is 24.3 Å². The minimum absolute atomic E-state index is 0.0463. The fourth-order valence-electron chi connectivity index (χ4n) is 3.11. The quantitative estimate of drug-likeness (QED) is 0.681. The smallest absolute Gasteiger partial charge is 0.255 e. The molecule has 1 saturated heterocycles. The molecule has 2 amide bonds. The molecule has 31 heavy (non-hydrogen) atoms. The van der Waals surface area contributed by atoms with E-state index in [2.05, 4.69) is 10.6 Å². The molecular weight excluding hydrogens is 418 g/mol. The predicted molar refractivity (Wildman–Crippen MR) is 118 cm³/mol. The molecule has 1 heterocycles. The molecule has 0 aliphatic carbocycles. The Kier molecular flexibility index (Phi) is 7.42. The van der Waals surface area contributed by atoms with E-state index in [4.69, 9.17) is 4.74 Å². The van der Waals surface area contributed by atoms with Crippen LogP contribution in [0, 0.1) is 5.92 Å². The van der Waals surface area contributed by atoms with Crippen molar-refractivity contribution in [1.29, 1.82) is 0 Å². The van der Waals surface area contributed by atoms with Gasteiger partial charge >= 0.3 is 0 Å². The van der Waals surface area contributed by atoms with Crippen molar-refractivity contribution in [2.24, 2.45) is 5.92 Å². The van der Waals surface area contributed by atoms with Gasteiger partial charge in [-0.2, -0.15) is 4.31 Å². The van der Waals surface area contributed by atoms with Crippen molar-refractivity contribution in [2.75, 3.05) is 38.2 Å². The van der Waals surface area contributed by atoms with Gasteiger partial charge in [-0.05, 0) is 36.2 Å². The van der Waals surface area contributed by atoms with Gasteiger partial charge in [0.2, 0.25) is 10.0 Å². The highest BCUT2D eigenvalue weighted by Crippen LogP contribution is 2.20. The molecule has 0 aromatic heterocycles. The average molecular weight is 446 g/mol. The Bertz CT molecular complexity index is 1050. The molecule has 0 atom stereocenters. The number of ether oxygens (including phenoxy) is 1. The fraction of sp³-hybridized carbons (Fsp3) is 0.364. The highest BCUT2D eigenvalue weighted by Gasteiger charge is 2.27. The number of amides is 2. The summed E-state index contributed by atoms with van der Waals surface area (Å²) < 4.78 is 32.3. The summed E-state index contributed by atoms with van der Waals surface area (Å²) in [6.07, 6.45) is 0. The lowest BCUT2D eigenvalue weighted by molar-refractivity contribution is 0.0730. The van der Waals surface area contributed by atoms with Gasteiger partial charge in [-0.25, -0.2) is 8.42 Å². The Morgan fingerprint density at radius 2 is 1.74 bits per heavy atom. The second kappa shape index (κ2) is 10.0. The number of benzene rings is 2. The van der Waals surface area contributed by atoms with E-state index in [9.17, 15) is 18.0 Å². The third kappa shape index (κ3) is 5.69. The van der Waals surface area contributed by atoms with Crippen molar-refractivity contribution in [3.63, 3.8) is 0 Å². The van der Waals surface area contributed by atoms with Crippen LogP contribution in [0.15, 0.2) is 53.4 Å². The molecule has 2 N–H and O–H groups in total. The van der Waals surface area contributed by atoms with Gasteiger partial charge < -0.3 is 15.4 Å². The topological polar surface area (TPSA) is 105 Å². The van der Waals surface area contributed by atoms with E-state index in [-0.39, 0.29) is 29.5 Å². The zero-order valence-electron chi connectivity index (χ0n) is 17.6. The molecule has 0 bridgehead atoms. The maximum absolute atomic E-state index is 12.9. The molecule has 2 aromatic rings. The molecule has 8 nitrogen and oxygen atoms in total. The number of morpholine rings is 1. The summed E-state index contributed by atoms with van der Waals surface area (Å²) in [4.78, 5) is 25.4. The van der Waals surface area contributed by atoms with Crippen LogP contribution >= 0.6 is 0 Å². The average Bonchev–Trinajstić information content (AvgIpc) is 2.78. The summed E-state index contributed by atoms with van der Waals surface area (Å²) in [6, 6.07) is 12.6.